The molecule has 4 rings (SSSR count). The van der Waals surface area contributed by atoms with Crippen LogP contribution in [-0.4, -0.2) is 23.3 Å². The fraction of sp³-hybridized carbons (Fsp3) is 0.395. The first-order valence-electron chi connectivity index (χ1n) is 15.9. The van der Waals surface area contributed by atoms with Crippen LogP contribution in [0.15, 0.2) is 78.9 Å². The van der Waals surface area contributed by atoms with E-state index in [1.165, 1.54) is 68.9 Å². The smallest absolute Gasteiger partial charge is 0.339 e. The van der Waals surface area contributed by atoms with E-state index in [0.29, 0.717) is 22.2 Å². The number of unbranched alkanes of at least 4 members (excludes halogenated alkanes) is 8. The standard InChI is InChI=1S/C38H45NO3/c1-3-5-7-9-11-15-29-19-23-31(24-20-29)36-27-34(33-17-13-14-18-35(33)39-36)38(41)42-28-37(40)32-25-21-30(22-26-32)16-12-10-8-6-4-2/h13-14,17-27H,3-12,15-16,28H2,1-2H3. The van der Waals surface area contributed by atoms with Gasteiger partial charge < -0.3 is 4.74 Å². The molecule has 0 spiro atoms. The summed E-state index contributed by atoms with van der Waals surface area (Å²) in [6.45, 7) is 4.16. The highest BCUT2D eigenvalue weighted by Crippen LogP contribution is 2.26. The number of hydrogen-bond acceptors (Lipinski definition) is 4. The third-order valence-corrected chi connectivity index (χ3v) is 7.93. The number of hydrogen-bond donors (Lipinski definition) is 0. The molecule has 1 aromatic heterocycles. The minimum Gasteiger partial charge on any atom is -0.454 e. The summed E-state index contributed by atoms with van der Waals surface area (Å²) >= 11 is 0. The number of aryl methyl sites for hydroxylation is 2. The fourth-order valence-electron chi connectivity index (χ4n) is 5.35. The quantitative estimate of drug-likeness (QED) is 0.0729. The van der Waals surface area contributed by atoms with Gasteiger partial charge in [-0.15, -0.1) is 0 Å². The zero-order valence-electron chi connectivity index (χ0n) is 25.4. The van der Waals surface area contributed by atoms with Crippen molar-refractivity contribution in [3.8, 4) is 11.3 Å². The van der Waals surface area contributed by atoms with E-state index in [0.717, 1.165) is 30.3 Å². The number of esters is 1. The number of carbonyl (C=O) groups is 2. The summed E-state index contributed by atoms with van der Waals surface area (Å²) < 4.78 is 5.55. The average Bonchev–Trinajstić information content (AvgIpc) is 3.03. The Morgan fingerprint density at radius 2 is 1.24 bits per heavy atom. The van der Waals surface area contributed by atoms with Gasteiger partial charge in [-0.3, -0.25) is 4.79 Å². The Morgan fingerprint density at radius 1 is 0.667 bits per heavy atom. The molecule has 0 unspecified atom stereocenters. The molecule has 0 aliphatic carbocycles. The molecule has 0 aliphatic rings. The topological polar surface area (TPSA) is 56.3 Å². The Bertz CT molecular complexity index is 1420. The van der Waals surface area contributed by atoms with Crippen LogP contribution in [0.25, 0.3) is 22.2 Å². The molecular formula is C38H45NO3. The van der Waals surface area contributed by atoms with E-state index < -0.39 is 5.97 Å². The lowest BCUT2D eigenvalue weighted by Crippen LogP contribution is -2.15. The number of Topliss-reactive ketones (excluding diaryl/α,β-unsaturated/α-hetero) is 1. The van der Waals surface area contributed by atoms with E-state index in [2.05, 4.69) is 38.1 Å². The molecule has 0 bridgehead atoms. The van der Waals surface area contributed by atoms with Crippen LogP contribution in [0.4, 0.5) is 0 Å². The van der Waals surface area contributed by atoms with E-state index in [1.807, 2.05) is 48.5 Å². The molecule has 0 radical (unpaired) electrons. The molecular weight excluding hydrogens is 518 g/mol. The van der Waals surface area contributed by atoms with Crippen LogP contribution in [0.5, 0.6) is 0 Å². The van der Waals surface area contributed by atoms with Gasteiger partial charge >= 0.3 is 5.97 Å². The first kappa shape index (κ1) is 31.2. The molecule has 0 saturated carbocycles. The number of rotatable bonds is 17. The Hall–Kier alpha value is -3.79. The molecule has 4 nitrogen and oxygen atoms in total. The Balaban J connectivity index is 1.39. The van der Waals surface area contributed by atoms with Crippen molar-refractivity contribution in [2.75, 3.05) is 6.61 Å². The molecule has 1 heterocycles. The zero-order chi connectivity index (χ0) is 29.6. The van der Waals surface area contributed by atoms with Crippen molar-refractivity contribution in [2.45, 2.75) is 90.9 Å². The van der Waals surface area contributed by atoms with Gasteiger partial charge in [0.1, 0.15) is 0 Å². The Kier molecular flexibility index (Phi) is 12.3. The number of aromatic nitrogens is 1. The monoisotopic (exact) mass is 563 g/mol. The fourth-order valence-corrected chi connectivity index (χ4v) is 5.35. The summed E-state index contributed by atoms with van der Waals surface area (Å²) in [6.07, 6.45) is 14.6. The molecule has 0 N–H and O–H groups in total. The number of fused-ring (bicyclic) bond motifs is 1. The van der Waals surface area contributed by atoms with Crippen molar-refractivity contribution in [2.24, 2.45) is 0 Å². The van der Waals surface area contributed by atoms with E-state index in [9.17, 15) is 9.59 Å². The first-order chi connectivity index (χ1) is 20.6. The highest BCUT2D eigenvalue weighted by Gasteiger charge is 2.17. The highest BCUT2D eigenvalue weighted by atomic mass is 16.5. The SMILES string of the molecule is CCCCCCCc1ccc(C(=O)COC(=O)c2cc(-c3ccc(CCCCCCC)cc3)nc3ccccc23)cc1. The van der Waals surface area contributed by atoms with Crippen molar-refractivity contribution < 1.29 is 14.3 Å². The number of pyridine rings is 1. The maximum atomic E-state index is 13.3. The second kappa shape index (κ2) is 16.6. The van der Waals surface area contributed by atoms with Gasteiger partial charge in [-0.25, -0.2) is 9.78 Å². The molecule has 42 heavy (non-hydrogen) atoms. The molecule has 0 saturated heterocycles. The number of nitrogens with zero attached hydrogens (tertiary/aromatic N) is 1. The van der Waals surface area contributed by atoms with Crippen molar-refractivity contribution in [1.29, 1.82) is 0 Å². The number of carbonyl (C=O) groups excluding carboxylic acids is 2. The van der Waals surface area contributed by atoms with Crippen LogP contribution in [0.1, 0.15) is 110 Å². The largest absolute Gasteiger partial charge is 0.454 e. The van der Waals surface area contributed by atoms with Crippen molar-refractivity contribution >= 4 is 22.7 Å². The summed E-state index contributed by atoms with van der Waals surface area (Å²) in [5.41, 5.74) is 5.91. The lowest BCUT2D eigenvalue weighted by molar-refractivity contribution is 0.0476. The molecule has 0 aliphatic heterocycles. The summed E-state index contributed by atoms with van der Waals surface area (Å²) in [5.74, 6) is -0.725. The van der Waals surface area contributed by atoms with Crippen LogP contribution in [0.2, 0.25) is 0 Å². The van der Waals surface area contributed by atoms with E-state index in [4.69, 9.17) is 9.72 Å². The van der Waals surface area contributed by atoms with E-state index in [1.54, 1.807) is 6.07 Å². The van der Waals surface area contributed by atoms with E-state index in [-0.39, 0.29) is 12.4 Å². The van der Waals surface area contributed by atoms with Gasteiger partial charge in [0, 0.05) is 16.5 Å². The lowest BCUT2D eigenvalue weighted by atomic mass is 10.0. The number of benzene rings is 3. The molecule has 4 aromatic rings. The van der Waals surface area contributed by atoms with Gasteiger partial charge in [0.05, 0.1) is 16.8 Å². The summed E-state index contributed by atoms with van der Waals surface area (Å²) in [4.78, 5) is 30.9. The van der Waals surface area contributed by atoms with Crippen molar-refractivity contribution in [1.82, 2.24) is 4.98 Å². The van der Waals surface area contributed by atoms with Crippen molar-refractivity contribution in [3.05, 3.63) is 101 Å². The normalized spacial score (nSPS) is 11.1. The zero-order valence-corrected chi connectivity index (χ0v) is 25.4. The van der Waals surface area contributed by atoms with Gasteiger partial charge in [-0.05, 0) is 48.9 Å². The summed E-state index contributed by atoms with van der Waals surface area (Å²) in [5, 5.41) is 0.714. The molecule has 0 amide bonds. The van der Waals surface area contributed by atoms with Crippen LogP contribution in [0.3, 0.4) is 0 Å². The average molecular weight is 564 g/mol. The second-order valence-corrected chi connectivity index (χ2v) is 11.3. The Labute approximate surface area is 251 Å². The minimum absolute atomic E-state index is 0.207. The molecule has 0 atom stereocenters. The maximum Gasteiger partial charge on any atom is 0.339 e. The lowest BCUT2D eigenvalue weighted by Gasteiger charge is -2.11. The van der Waals surface area contributed by atoms with Gasteiger partial charge in [0.2, 0.25) is 0 Å². The minimum atomic E-state index is -0.518. The van der Waals surface area contributed by atoms with E-state index >= 15 is 0 Å². The number of ether oxygens (including phenoxy) is 1. The first-order valence-corrected chi connectivity index (χ1v) is 15.9. The third-order valence-electron chi connectivity index (χ3n) is 7.93. The maximum absolute atomic E-state index is 13.3. The van der Waals surface area contributed by atoms with Crippen molar-refractivity contribution in [3.63, 3.8) is 0 Å². The van der Waals surface area contributed by atoms with Gasteiger partial charge in [-0.2, -0.15) is 0 Å². The molecule has 0 fully saturated rings. The predicted molar refractivity (Wildman–Crippen MR) is 173 cm³/mol. The summed E-state index contributed by atoms with van der Waals surface area (Å²) in [7, 11) is 0. The molecule has 220 valence electrons. The predicted octanol–water partition coefficient (Wildman–Crippen LogP) is 9.97. The third kappa shape index (κ3) is 9.11. The van der Waals surface area contributed by atoms with Gasteiger partial charge in [0.15, 0.2) is 12.4 Å². The Morgan fingerprint density at radius 3 is 1.86 bits per heavy atom. The van der Waals surface area contributed by atoms with Gasteiger partial charge in [-0.1, -0.05) is 132 Å². The molecule has 4 heteroatoms. The number of para-hydroxylation sites is 1. The van der Waals surface area contributed by atoms with Crippen LogP contribution >= 0.6 is 0 Å². The summed E-state index contributed by atoms with van der Waals surface area (Å²) in [6, 6.07) is 25.5. The second-order valence-electron chi connectivity index (χ2n) is 11.3. The molecule has 3 aromatic carbocycles. The van der Waals surface area contributed by atoms with Crippen LogP contribution in [-0.2, 0) is 17.6 Å². The highest BCUT2D eigenvalue weighted by molar-refractivity contribution is 6.06. The van der Waals surface area contributed by atoms with Crippen LogP contribution in [0, 0.1) is 0 Å². The van der Waals surface area contributed by atoms with Crippen LogP contribution < -0.4 is 0 Å². The number of ketones is 1. The van der Waals surface area contributed by atoms with Gasteiger partial charge in [0.25, 0.3) is 0 Å².